The summed E-state index contributed by atoms with van der Waals surface area (Å²) in [4.78, 5) is 39.4. The summed E-state index contributed by atoms with van der Waals surface area (Å²) in [6, 6.07) is 27.5. The van der Waals surface area contributed by atoms with Gasteiger partial charge in [-0.15, -0.1) is 0 Å². The van der Waals surface area contributed by atoms with Gasteiger partial charge in [-0.3, -0.25) is 14.4 Å². The maximum atomic E-state index is 13.4. The molecule has 0 unspecified atom stereocenters. The van der Waals surface area contributed by atoms with Gasteiger partial charge < -0.3 is 10.1 Å². The highest BCUT2D eigenvalue weighted by Gasteiger charge is 2.34. The molecule has 0 bridgehead atoms. The van der Waals surface area contributed by atoms with Crippen molar-refractivity contribution in [2.24, 2.45) is 0 Å². The number of rotatable bonds is 4. The van der Waals surface area contributed by atoms with Crippen LogP contribution in [0.3, 0.4) is 0 Å². The van der Waals surface area contributed by atoms with E-state index in [2.05, 4.69) is 5.32 Å². The van der Waals surface area contributed by atoms with E-state index in [1.807, 2.05) is 12.1 Å². The Labute approximate surface area is 184 Å². The van der Waals surface area contributed by atoms with Gasteiger partial charge in [0.25, 0.3) is 5.91 Å². The summed E-state index contributed by atoms with van der Waals surface area (Å²) >= 11 is 0. The molecule has 1 N–H and O–H groups in total. The molecule has 0 aliphatic heterocycles. The maximum absolute atomic E-state index is 13.4. The summed E-state index contributed by atoms with van der Waals surface area (Å²) in [6.07, 6.45) is 0. The normalized spacial score (nSPS) is 12.0. The monoisotopic (exact) mass is 419 g/mol. The first-order chi connectivity index (χ1) is 15.6. The average molecular weight is 419 g/mol. The minimum atomic E-state index is -0.349. The first kappa shape index (κ1) is 19.5. The Hall–Kier alpha value is -4.51. The van der Waals surface area contributed by atoms with Gasteiger partial charge in [0.15, 0.2) is 17.3 Å². The van der Waals surface area contributed by atoms with Crippen LogP contribution in [0.25, 0.3) is 0 Å². The number of hydrogen-bond donors (Lipinski definition) is 1. The molecule has 0 atom stereocenters. The molecule has 4 aromatic carbocycles. The predicted molar refractivity (Wildman–Crippen MR) is 121 cm³/mol. The highest BCUT2D eigenvalue weighted by molar-refractivity contribution is 6.30. The molecule has 0 radical (unpaired) electrons. The molecule has 0 fully saturated rings. The SMILES string of the molecule is O=C(Nc1ccc2c(c1Oc1ccccc1)C(=O)c1ccccc1C2=O)c1ccccc1. The Morgan fingerprint density at radius 3 is 1.91 bits per heavy atom. The fourth-order valence-corrected chi connectivity index (χ4v) is 3.75. The molecule has 0 spiro atoms. The molecule has 0 heterocycles. The Morgan fingerprint density at radius 2 is 1.22 bits per heavy atom. The van der Waals surface area contributed by atoms with Gasteiger partial charge >= 0.3 is 0 Å². The van der Waals surface area contributed by atoms with E-state index in [0.717, 1.165) is 0 Å². The van der Waals surface area contributed by atoms with E-state index < -0.39 is 0 Å². The first-order valence-corrected chi connectivity index (χ1v) is 10.1. The van der Waals surface area contributed by atoms with Crippen LogP contribution in [-0.2, 0) is 0 Å². The Morgan fingerprint density at radius 1 is 0.625 bits per heavy atom. The van der Waals surface area contributed by atoms with Gasteiger partial charge in [0.2, 0.25) is 0 Å². The van der Waals surface area contributed by atoms with Crippen LogP contribution in [0.1, 0.15) is 42.2 Å². The van der Waals surface area contributed by atoms with Gasteiger partial charge in [-0.1, -0.05) is 60.7 Å². The number of para-hydroxylation sites is 1. The lowest BCUT2D eigenvalue weighted by atomic mass is 9.83. The van der Waals surface area contributed by atoms with Crippen molar-refractivity contribution in [3.8, 4) is 11.5 Å². The van der Waals surface area contributed by atoms with Crippen molar-refractivity contribution in [2.75, 3.05) is 5.32 Å². The van der Waals surface area contributed by atoms with E-state index in [1.54, 1.807) is 84.9 Å². The van der Waals surface area contributed by atoms with E-state index in [1.165, 1.54) is 0 Å². The minimum absolute atomic E-state index is 0.142. The highest BCUT2D eigenvalue weighted by Crippen LogP contribution is 2.40. The van der Waals surface area contributed by atoms with Gasteiger partial charge in [-0.05, 0) is 36.4 Å². The molecule has 1 amide bonds. The van der Waals surface area contributed by atoms with Crippen LogP contribution < -0.4 is 10.1 Å². The number of anilines is 1. The number of ether oxygens (including phenoxy) is 1. The second-order valence-corrected chi connectivity index (χ2v) is 7.30. The van der Waals surface area contributed by atoms with Crippen LogP contribution in [0, 0.1) is 0 Å². The van der Waals surface area contributed by atoms with Gasteiger partial charge in [0, 0.05) is 22.3 Å². The lowest BCUT2D eigenvalue weighted by Gasteiger charge is -2.22. The van der Waals surface area contributed by atoms with Crippen molar-refractivity contribution in [1.82, 2.24) is 0 Å². The first-order valence-electron chi connectivity index (χ1n) is 10.1. The fraction of sp³-hybridized carbons (Fsp3) is 0. The predicted octanol–water partition coefficient (Wildman–Crippen LogP) is 5.51. The lowest BCUT2D eigenvalue weighted by Crippen LogP contribution is -2.22. The number of ketones is 2. The third-order valence-electron chi connectivity index (χ3n) is 5.29. The van der Waals surface area contributed by atoms with Crippen molar-refractivity contribution in [1.29, 1.82) is 0 Å². The number of hydrogen-bond acceptors (Lipinski definition) is 4. The Kier molecular flexibility index (Phi) is 4.84. The van der Waals surface area contributed by atoms with E-state index in [9.17, 15) is 14.4 Å². The number of carbonyl (C=O) groups excluding carboxylic acids is 3. The second kappa shape index (κ2) is 7.96. The van der Waals surface area contributed by atoms with Crippen LogP contribution in [-0.4, -0.2) is 17.5 Å². The van der Waals surface area contributed by atoms with Crippen LogP contribution in [0.4, 0.5) is 5.69 Å². The van der Waals surface area contributed by atoms with Gasteiger partial charge in [0.1, 0.15) is 5.75 Å². The Balaban J connectivity index is 1.65. The molecule has 154 valence electrons. The summed E-state index contributed by atoms with van der Waals surface area (Å²) in [5.41, 5.74) is 1.83. The van der Waals surface area contributed by atoms with Crippen molar-refractivity contribution in [2.45, 2.75) is 0 Å². The van der Waals surface area contributed by atoms with Crippen molar-refractivity contribution < 1.29 is 19.1 Å². The summed E-state index contributed by atoms with van der Waals surface area (Å²) in [5.74, 6) is -0.300. The van der Waals surface area contributed by atoms with Crippen LogP contribution >= 0.6 is 0 Å². The van der Waals surface area contributed by atoms with Crippen molar-refractivity contribution in [3.05, 3.63) is 125 Å². The number of carbonyl (C=O) groups is 3. The van der Waals surface area contributed by atoms with Gasteiger partial charge in [-0.2, -0.15) is 0 Å². The molecule has 5 rings (SSSR count). The zero-order valence-corrected chi connectivity index (χ0v) is 16.9. The number of amides is 1. The summed E-state index contributed by atoms with van der Waals surface area (Å²) in [6.45, 7) is 0. The van der Waals surface area contributed by atoms with Crippen LogP contribution in [0.5, 0.6) is 11.5 Å². The Bertz CT molecular complexity index is 1360. The molecule has 5 heteroatoms. The molecule has 1 aliphatic carbocycles. The van der Waals surface area contributed by atoms with Gasteiger partial charge in [0.05, 0.1) is 11.3 Å². The van der Waals surface area contributed by atoms with Crippen molar-refractivity contribution >= 4 is 23.2 Å². The second-order valence-electron chi connectivity index (χ2n) is 7.30. The molecular formula is C27H17NO4. The summed E-state index contributed by atoms with van der Waals surface area (Å²) < 4.78 is 6.09. The van der Waals surface area contributed by atoms with Crippen LogP contribution in [0.15, 0.2) is 97.1 Å². The number of benzene rings is 4. The summed E-state index contributed by atoms with van der Waals surface area (Å²) in [7, 11) is 0. The zero-order valence-electron chi connectivity index (χ0n) is 16.9. The van der Waals surface area contributed by atoms with Gasteiger partial charge in [-0.25, -0.2) is 0 Å². The standard InChI is InChI=1S/C27H17NO4/c29-24-19-13-7-8-14-20(19)25(30)23-21(24)15-16-22(26(23)32-18-11-5-2-6-12-18)28-27(31)17-9-3-1-4-10-17/h1-16H,(H,28,31). The zero-order chi connectivity index (χ0) is 22.1. The lowest BCUT2D eigenvalue weighted by molar-refractivity contribution is 0.0977. The molecule has 0 saturated heterocycles. The maximum Gasteiger partial charge on any atom is 0.255 e. The summed E-state index contributed by atoms with van der Waals surface area (Å²) in [5, 5.41) is 2.83. The molecular weight excluding hydrogens is 402 g/mol. The van der Waals surface area contributed by atoms with Crippen molar-refractivity contribution in [3.63, 3.8) is 0 Å². The molecule has 32 heavy (non-hydrogen) atoms. The average Bonchev–Trinajstić information content (AvgIpc) is 2.84. The largest absolute Gasteiger partial charge is 0.454 e. The van der Waals surface area contributed by atoms with E-state index in [-0.39, 0.29) is 34.4 Å². The number of fused-ring (bicyclic) bond motifs is 2. The molecule has 1 aliphatic rings. The minimum Gasteiger partial charge on any atom is -0.454 e. The smallest absolute Gasteiger partial charge is 0.255 e. The van der Waals surface area contributed by atoms with E-state index in [4.69, 9.17) is 4.74 Å². The fourth-order valence-electron chi connectivity index (χ4n) is 3.75. The third kappa shape index (κ3) is 3.36. The molecule has 5 nitrogen and oxygen atoms in total. The number of nitrogens with one attached hydrogen (secondary N) is 1. The molecule has 4 aromatic rings. The highest BCUT2D eigenvalue weighted by atomic mass is 16.5. The molecule has 0 aromatic heterocycles. The quantitative estimate of drug-likeness (QED) is 0.417. The molecule has 0 saturated carbocycles. The third-order valence-corrected chi connectivity index (χ3v) is 5.29. The van der Waals surface area contributed by atoms with E-state index >= 15 is 0 Å². The van der Waals surface area contributed by atoms with E-state index in [0.29, 0.717) is 28.1 Å². The van der Waals surface area contributed by atoms with Crippen LogP contribution in [0.2, 0.25) is 0 Å². The topological polar surface area (TPSA) is 72.5 Å².